The number of rotatable bonds is 7. The summed E-state index contributed by atoms with van der Waals surface area (Å²) in [5.41, 5.74) is 4.17. The van der Waals surface area contributed by atoms with Crippen LogP contribution in [-0.4, -0.2) is 56.6 Å². The Balaban J connectivity index is 1.79. The second kappa shape index (κ2) is 9.18. The molecule has 0 saturated heterocycles. The normalized spacial score (nSPS) is 16.5. The molecule has 2 N–H and O–H groups in total. The van der Waals surface area contributed by atoms with Gasteiger partial charge >= 0.3 is 0 Å². The zero-order valence-corrected chi connectivity index (χ0v) is 19.2. The molecule has 2 atom stereocenters. The minimum Gasteiger partial charge on any atom is -0.394 e. The van der Waals surface area contributed by atoms with E-state index in [1.807, 2.05) is 31.2 Å². The van der Waals surface area contributed by atoms with E-state index < -0.39 is 6.10 Å². The Morgan fingerprint density at radius 3 is 2.65 bits per heavy atom. The van der Waals surface area contributed by atoms with Crippen molar-refractivity contribution in [2.75, 3.05) is 19.8 Å². The first-order valence-electron chi connectivity index (χ1n) is 10.1. The zero-order valence-electron chi connectivity index (χ0n) is 17.7. The molecule has 0 radical (unpaired) electrons. The van der Waals surface area contributed by atoms with Gasteiger partial charge in [0, 0.05) is 34.1 Å². The van der Waals surface area contributed by atoms with Gasteiger partial charge in [-0.1, -0.05) is 23.7 Å². The van der Waals surface area contributed by atoms with Crippen LogP contribution in [0.4, 0.5) is 0 Å². The molecule has 1 unspecified atom stereocenters. The van der Waals surface area contributed by atoms with Crippen LogP contribution < -0.4 is 0 Å². The minimum atomic E-state index is -0.884. The maximum absolute atomic E-state index is 9.52. The largest absolute Gasteiger partial charge is 0.394 e. The van der Waals surface area contributed by atoms with Gasteiger partial charge in [0.1, 0.15) is 23.0 Å². The van der Waals surface area contributed by atoms with Crippen molar-refractivity contribution in [3.8, 4) is 5.00 Å². The number of halogens is 1. The first-order chi connectivity index (χ1) is 14.9. The summed E-state index contributed by atoms with van der Waals surface area (Å²) in [5.74, 6) is 1.59. The summed E-state index contributed by atoms with van der Waals surface area (Å²) < 4.78 is 7.66. The lowest BCUT2D eigenvalue weighted by Gasteiger charge is -2.14. The van der Waals surface area contributed by atoms with Crippen molar-refractivity contribution in [3.05, 3.63) is 62.5 Å². The van der Waals surface area contributed by atoms with Crippen LogP contribution in [0.1, 0.15) is 45.7 Å². The van der Waals surface area contributed by atoms with E-state index in [9.17, 15) is 5.11 Å². The summed E-state index contributed by atoms with van der Waals surface area (Å²) >= 11 is 7.84. The Morgan fingerprint density at radius 2 is 1.94 bits per heavy atom. The highest BCUT2D eigenvalue weighted by molar-refractivity contribution is 7.15. The predicted molar refractivity (Wildman–Crippen MR) is 122 cm³/mol. The molecule has 0 saturated carbocycles. The third-order valence-corrected chi connectivity index (χ3v) is 6.86. The molecule has 0 spiro atoms. The van der Waals surface area contributed by atoms with Gasteiger partial charge in [0.25, 0.3) is 0 Å². The molecule has 164 valence electrons. The maximum Gasteiger partial charge on any atom is 0.163 e. The second-order valence-electron chi connectivity index (χ2n) is 7.60. The van der Waals surface area contributed by atoms with Crippen molar-refractivity contribution < 1.29 is 14.9 Å². The van der Waals surface area contributed by atoms with Crippen molar-refractivity contribution in [2.24, 2.45) is 4.99 Å². The zero-order chi connectivity index (χ0) is 22.1. The van der Waals surface area contributed by atoms with Crippen LogP contribution >= 0.6 is 22.9 Å². The van der Waals surface area contributed by atoms with Gasteiger partial charge in [-0.05, 0) is 38.5 Å². The van der Waals surface area contributed by atoms with Crippen LogP contribution in [0.15, 0.2) is 29.3 Å². The Hall–Kier alpha value is -2.10. The monoisotopic (exact) mass is 460 g/mol. The van der Waals surface area contributed by atoms with Gasteiger partial charge in [0.2, 0.25) is 0 Å². The van der Waals surface area contributed by atoms with Crippen LogP contribution in [0.5, 0.6) is 0 Å². The number of aromatic nitrogens is 3. The average Bonchev–Trinajstić information content (AvgIpc) is 3.23. The molecule has 0 amide bonds. The van der Waals surface area contributed by atoms with E-state index in [1.165, 1.54) is 10.4 Å². The summed E-state index contributed by atoms with van der Waals surface area (Å²) in [5, 5.41) is 29.0. The van der Waals surface area contributed by atoms with Gasteiger partial charge in [-0.3, -0.25) is 9.56 Å². The quantitative estimate of drug-likeness (QED) is 0.526. The highest BCUT2D eigenvalue weighted by atomic mass is 35.5. The number of hydrogen-bond donors (Lipinski definition) is 2. The van der Waals surface area contributed by atoms with Gasteiger partial charge in [0.15, 0.2) is 5.82 Å². The number of benzene rings is 1. The number of aryl methyl sites for hydroxylation is 2. The van der Waals surface area contributed by atoms with Crippen molar-refractivity contribution in [2.45, 2.75) is 39.3 Å². The Labute approximate surface area is 190 Å². The third-order valence-electron chi connectivity index (χ3n) is 5.41. The van der Waals surface area contributed by atoms with E-state index in [0.717, 1.165) is 33.5 Å². The molecule has 1 aliphatic heterocycles. The van der Waals surface area contributed by atoms with Gasteiger partial charge < -0.3 is 14.9 Å². The fraction of sp³-hybridized carbons (Fsp3) is 0.409. The van der Waals surface area contributed by atoms with E-state index in [-0.39, 0.29) is 19.3 Å². The molecule has 31 heavy (non-hydrogen) atoms. The number of aliphatic hydroxyl groups is 2. The lowest BCUT2D eigenvalue weighted by atomic mass is 9.99. The molecule has 0 fully saturated rings. The van der Waals surface area contributed by atoms with Crippen LogP contribution in [0.25, 0.3) is 5.00 Å². The molecule has 3 heterocycles. The standard InChI is InChI=1S/C22H25ClN4O3S/c1-12-13(2)31-22-19(12)20(15-4-6-16(23)7-5-15)24-18(8-9-30-11-17(29)10-28)21-26-25-14(3)27(21)22/h4-7,17-18,28-29H,8-11H2,1-3H3/t17?,18-/m0/s1. The summed E-state index contributed by atoms with van der Waals surface area (Å²) in [6.45, 7) is 6.31. The minimum absolute atomic E-state index is 0.0777. The number of aliphatic imine (C=N–C) groups is 1. The molecule has 7 nitrogen and oxygen atoms in total. The Bertz CT molecular complexity index is 1110. The molecule has 4 rings (SSSR count). The van der Waals surface area contributed by atoms with Crippen LogP contribution in [0.3, 0.4) is 0 Å². The number of thiophene rings is 1. The fourth-order valence-electron chi connectivity index (χ4n) is 3.66. The lowest BCUT2D eigenvalue weighted by Crippen LogP contribution is -2.20. The highest BCUT2D eigenvalue weighted by Crippen LogP contribution is 2.39. The molecular formula is C22H25ClN4O3S. The average molecular weight is 461 g/mol. The number of ether oxygens (including phenoxy) is 1. The van der Waals surface area contributed by atoms with Crippen molar-refractivity contribution >= 4 is 28.6 Å². The summed E-state index contributed by atoms with van der Waals surface area (Å²) in [7, 11) is 0. The molecular weight excluding hydrogens is 436 g/mol. The molecule has 0 aliphatic carbocycles. The summed E-state index contributed by atoms with van der Waals surface area (Å²) in [6.07, 6.45) is -0.314. The molecule has 1 aromatic carbocycles. The Morgan fingerprint density at radius 1 is 1.19 bits per heavy atom. The number of nitrogens with zero attached hydrogens (tertiary/aromatic N) is 4. The second-order valence-corrected chi connectivity index (χ2v) is 9.24. The third kappa shape index (κ3) is 4.31. The first-order valence-corrected chi connectivity index (χ1v) is 11.3. The van der Waals surface area contributed by atoms with E-state index >= 15 is 0 Å². The SMILES string of the molecule is Cc1sc2c(c1C)C(c1ccc(Cl)cc1)=N[C@@H](CCOCC(O)CO)c1nnc(C)n1-2. The fourth-order valence-corrected chi connectivity index (χ4v) is 5.00. The lowest BCUT2D eigenvalue weighted by molar-refractivity contribution is 0.00443. The van der Waals surface area contributed by atoms with E-state index in [2.05, 4.69) is 28.6 Å². The smallest absolute Gasteiger partial charge is 0.163 e. The van der Waals surface area contributed by atoms with Gasteiger partial charge in [-0.25, -0.2) is 0 Å². The van der Waals surface area contributed by atoms with E-state index in [4.69, 9.17) is 26.4 Å². The van der Waals surface area contributed by atoms with Crippen molar-refractivity contribution in [1.29, 1.82) is 0 Å². The molecule has 9 heteroatoms. The number of hydrogen-bond acceptors (Lipinski definition) is 7. The molecule has 0 bridgehead atoms. The van der Waals surface area contributed by atoms with Crippen LogP contribution in [-0.2, 0) is 4.74 Å². The number of aliphatic hydroxyl groups excluding tert-OH is 2. The van der Waals surface area contributed by atoms with E-state index in [0.29, 0.717) is 18.1 Å². The maximum atomic E-state index is 9.52. The highest BCUT2D eigenvalue weighted by Gasteiger charge is 2.31. The summed E-state index contributed by atoms with van der Waals surface area (Å²) in [4.78, 5) is 6.37. The van der Waals surface area contributed by atoms with Crippen molar-refractivity contribution in [3.63, 3.8) is 0 Å². The van der Waals surface area contributed by atoms with Crippen LogP contribution in [0.2, 0.25) is 5.02 Å². The first kappa shape index (κ1) is 22.1. The van der Waals surface area contributed by atoms with E-state index in [1.54, 1.807) is 11.3 Å². The van der Waals surface area contributed by atoms with Gasteiger partial charge in [-0.15, -0.1) is 21.5 Å². The molecule has 1 aliphatic rings. The van der Waals surface area contributed by atoms with Crippen LogP contribution in [0, 0.1) is 20.8 Å². The molecule has 3 aromatic rings. The summed E-state index contributed by atoms with van der Waals surface area (Å²) in [6, 6.07) is 7.46. The topological polar surface area (TPSA) is 92.8 Å². The number of fused-ring (bicyclic) bond motifs is 3. The van der Waals surface area contributed by atoms with Gasteiger partial charge in [-0.2, -0.15) is 0 Å². The molecule has 2 aromatic heterocycles. The van der Waals surface area contributed by atoms with Gasteiger partial charge in [0.05, 0.1) is 18.9 Å². The predicted octanol–water partition coefficient (Wildman–Crippen LogP) is 3.56. The van der Waals surface area contributed by atoms with Crippen molar-refractivity contribution in [1.82, 2.24) is 14.8 Å². The Kier molecular flexibility index (Phi) is 6.55.